The fourth-order valence-electron chi connectivity index (χ4n) is 1.55. The molecule has 0 aliphatic heterocycles. The van der Waals surface area contributed by atoms with Gasteiger partial charge in [-0.2, -0.15) is 0 Å². The summed E-state index contributed by atoms with van der Waals surface area (Å²) in [6.45, 7) is 3.39. The Kier molecular flexibility index (Phi) is 4.39. The molecule has 2 rings (SSSR count). The lowest BCUT2D eigenvalue weighted by atomic mass is 10.2. The van der Waals surface area contributed by atoms with Crippen LogP contribution in [0.2, 0.25) is 4.34 Å². The maximum atomic E-state index is 12.0. The third-order valence-corrected chi connectivity index (χ3v) is 5.14. The van der Waals surface area contributed by atoms with Crippen LogP contribution in [0.1, 0.15) is 44.1 Å². The molecule has 100 valence electrons. The maximum absolute atomic E-state index is 12.0. The van der Waals surface area contributed by atoms with E-state index in [2.05, 4.69) is 5.32 Å². The average molecular weight is 314 g/mol. The third kappa shape index (κ3) is 3.43. The number of rotatable bonds is 4. The Bertz CT molecular complexity index is 618. The van der Waals surface area contributed by atoms with Crippen molar-refractivity contribution in [2.75, 3.05) is 0 Å². The average Bonchev–Trinajstić information content (AvgIpc) is 2.96. The van der Waals surface area contributed by atoms with Crippen LogP contribution in [0, 0.1) is 0 Å². The standard InChI is InChI=1S/C13H12ClNO2S2/c1-7(9-5-6-12(14)19-9)15-13(17)11-4-3-10(18-11)8(2)16/h3-7H,1-2H3,(H,15,17)/t7-/m0/s1. The van der Waals surface area contributed by atoms with E-state index in [-0.39, 0.29) is 17.7 Å². The molecular formula is C13H12ClNO2S2. The predicted molar refractivity (Wildman–Crippen MR) is 79.5 cm³/mol. The predicted octanol–water partition coefficient (Wildman–Crippen LogP) is 4.16. The molecule has 0 radical (unpaired) electrons. The fourth-order valence-corrected chi connectivity index (χ4v) is 3.42. The van der Waals surface area contributed by atoms with Gasteiger partial charge in [0.05, 0.1) is 20.1 Å². The van der Waals surface area contributed by atoms with Crippen LogP contribution in [0.15, 0.2) is 24.3 Å². The summed E-state index contributed by atoms with van der Waals surface area (Å²) >= 11 is 8.52. The lowest BCUT2D eigenvalue weighted by Gasteiger charge is -2.10. The summed E-state index contributed by atoms with van der Waals surface area (Å²) < 4.78 is 0.700. The Balaban J connectivity index is 2.06. The van der Waals surface area contributed by atoms with Crippen molar-refractivity contribution < 1.29 is 9.59 Å². The molecule has 0 bridgehead atoms. The Morgan fingerprint density at radius 2 is 1.84 bits per heavy atom. The molecular weight excluding hydrogens is 302 g/mol. The molecule has 2 heterocycles. The molecule has 0 saturated carbocycles. The first-order valence-corrected chi connectivity index (χ1v) is 7.65. The van der Waals surface area contributed by atoms with Crippen molar-refractivity contribution in [3.8, 4) is 0 Å². The van der Waals surface area contributed by atoms with E-state index in [9.17, 15) is 9.59 Å². The number of ketones is 1. The van der Waals surface area contributed by atoms with E-state index in [0.717, 1.165) is 4.88 Å². The van der Waals surface area contributed by atoms with Crippen LogP contribution in [0.5, 0.6) is 0 Å². The zero-order valence-corrected chi connectivity index (χ0v) is 12.8. The molecule has 0 aliphatic carbocycles. The van der Waals surface area contributed by atoms with E-state index >= 15 is 0 Å². The highest BCUT2D eigenvalue weighted by Gasteiger charge is 2.15. The van der Waals surface area contributed by atoms with Gasteiger partial charge in [-0.3, -0.25) is 9.59 Å². The largest absolute Gasteiger partial charge is 0.344 e. The summed E-state index contributed by atoms with van der Waals surface area (Å²) in [7, 11) is 0. The number of halogens is 1. The lowest BCUT2D eigenvalue weighted by Crippen LogP contribution is -2.25. The highest BCUT2D eigenvalue weighted by atomic mass is 35.5. The van der Waals surface area contributed by atoms with Gasteiger partial charge in [0.2, 0.25) is 0 Å². The molecule has 0 spiro atoms. The Morgan fingerprint density at radius 3 is 2.37 bits per heavy atom. The molecule has 0 saturated heterocycles. The summed E-state index contributed by atoms with van der Waals surface area (Å²) in [5.74, 6) is -0.198. The Morgan fingerprint density at radius 1 is 1.16 bits per heavy atom. The molecule has 2 aromatic rings. The zero-order valence-electron chi connectivity index (χ0n) is 10.4. The van der Waals surface area contributed by atoms with Crippen LogP contribution in [0.25, 0.3) is 0 Å². The summed E-state index contributed by atoms with van der Waals surface area (Å²) in [5.41, 5.74) is 0. The summed E-state index contributed by atoms with van der Waals surface area (Å²) in [4.78, 5) is 25.4. The number of hydrogen-bond acceptors (Lipinski definition) is 4. The molecule has 19 heavy (non-hydrogen) atoms. The number of Topliss-reactive ketones (excluding diaryl/α,β-unsaturated/α-hetero) is 1. The zero-order chi connectivity index (χ0) is 14.0. The van der Waals surface area contributed by atoms with E-state index in [1.165, 1.54) is 29.6 Å². The van der Waals surface area contributed by atoms with Crippen LogP contribution in [-0.2, 0) is 0 Å². The van der Waals surface area contributed by atoms with Crippen molar-refractivity contribution in [1.29, 1.82) is 0 Å². The quantitative estimate of drug-likeness (QED) is 0.862. The van der Waals surface area contributed by atoms with Crippen molar-refractivity contribution in [3.63, 3.8) is 0 Å². The van der Waals surface area contributed by atoms with Crippen LogP contribution < -0.4 is 5.32 Å². The number of nitrogens with one attached hydrogen (secondary N) is 1. The first-order valence-electron chi connectivity index (χ1n) is 5.64. The number of amides is 1. The monoisotopic (exact) mass is 313 g/mol. The summed E-state index contributed by atoms with van der Waals surface area (Å²) in [6, 6.07) is 6.95. The van der Waals surface area contributed by atoms with Crippen molar-refractivity contribution in [2.24, 2.45) is 0 Å². The van der Waals surface area contributed by atoms with Gasteiger partial charge in [-0.25, -0.2) is 0 Å². The van der Waals surface area contributed by atoms with Gasteiger partial charge in [0, 0.05) is 4.88 Å². The van der Waals surface area contributed by atoms with Crippen LogP contribution in [0.4, 0.5) is 0 Å². The van der Waals surface area contributed by atoms with Crippen LogP contribution in [-0.4, -0.2) is 11.7 Å². The smallest absolute Gasteiger partial charge is 0.261 e. The number of carbonyl (C=O) groups is 2. The Labute approximate surface area is 124 Å². The minimum Gasteiger partial charge on any atom is -0.344 e. The molecule has 1 N–H and O–H groups in total. The van der Waals surface area contributed by atoms with Gasteiger partial charge < -0.3 is 5.32 Å². The first-order chi connectivity index (χ1) is 8.97. The van der Waals surface area contributed by atoms with E-state index in [1.807, 2.05) is 19.1 Å². The van der Waals surface area contributed by atoms with Gasteiger partial charge in [0.25, 0.3) is 5.91 Å². The minimum absolute atomic E-state index is 0.0258. The van der Waals surface area contributed by atoms with E-state index in [1.54, 1.807) is 12.1 Å². The van der Waals surface area contributed by atoms with Crippen molar-refractivity contribution >= 4 is 46.0 Å². The molecule has 1 atom stereocenters. The molecule has 0 aliphatic rings. The van der Waals surface area contributed by atoms with Crippen LogP contribution >= 0.6 is 34.3 Å². The topological polar surface area (TPSA) is 46.2 Å². The van der Waals surface area contributed by atoms with Gasteiger partial charge in [0.15, 0.2) is 5.78 Å². The maximum Gasteiger partial charge on any atom is 0.261 e. The molecule has 0 aromatic carbocycles. The second-order valence-electron chi connectivity index (χ2n) is 4.06. The van der Waals surface area contributed by atoms with Crippen molar-refractivity contribution in [2.45, 2.75) is 19.9 Å². The second-order valence-corrected chi connectivity index (χ2v) is 6.89. The van der Waals surface area contributed by atoms with Gasteiger partial charge in [-0.05, 0) is 38.1 Å². The fraction of sp³-hybridized carbons (Fsp3) is 0.231. The molecule has 2 aromatic heterocycles. The molecule has 6 heteroatoms. The number of thiophene rings is 2. The minimum atomic E-state index is -0.172. The summed E-state index contributed by atoms with van der Waals surface area (Å²) in [6.07, 6.45) is 0. The molecule has 0 fully saturated rings. The SMILES string of the molecule is CC(=O)c1ccc(C(=O)N[C@@H](C)c2ccc(Cl)s2)s1. The normalized spacial score (nSPS) is 12.2. The van der Waals surface area contributed by atoms with Gasteiger partial charge in [-0.1, -0.05) is 11.6 Å². The Hall–Kier alpha value is -1.17. The third-order valence-electron chi connectivity index (χ3n) is 2.55. The highest BCUT2D eigenvalue weighted by molar-refractivity contribution is 7.16. The van der Waals surface area contributed by atoms with Crippen LogP contribution in [0.3, 0.4) is 0 Å². The van der Waals surface area contributed by atoms with E-state index in [0.29, 0.717) is 14.1 Å². The lowest BCUT2D eigenvalue weighted by molar-refractivity contribution is 0.0944. The number of hydrogen-bond donors (Lipinski definition) is 1. The van der Waals surface area contributed by atoms with Crippen molar-refractivity contribution in [1.82, 2.24) is 5.32 Å². The van der Waals surface area contributed by atoms with E-state index < -0.39 is 0 Å². The highest BCUT2D eigenvalue weighted by Crippen LogP contribution is 2.27. The first kappa shape index (κ1) is 14.2. The van der Waals surface area contributed by atoms with Gasteiger partial charge in [0.1, 0.15) is 0 Å². The molecule has 1 amide bonds. The van der Waals surface area contributed by atoms with E-state index in [4.69, 9.17) is 11.6 Å². The summed E-state index contributed by atoms with van der Waals surface area (Å²) in [5, 5.41) is 2.89. The number of carbonyl (C=O) groups excluding carboxylic acids is 2. The van der Waals surface area contributed by atoms with Gasteiger partial charge >= 0.3 is 0 Å². The second kappa shape index (κ2) is 5.86. The molecule has 3 nitrogen and oxygen atoms in total. The van der Waals surface area contributed by atoms with Gasteiger partial charge in [-0.15, -0.1) is 22.7 Å². The van der Waals surface area contributed by atoms with Crippen molar-refractivity contribution in [3.05, 3.63) is 43.2 Å². The molecule has 0 unspecified atom stereocenters.